The average molecular weight is 533 g/mol. The van der Waals surface area contributed by atoms with Gasteiger partial charge in [-0.15, -0.1) is 0 Å². The number of primary amides is 1. The van der Waals surface area contributed by atoms with E-state index in [4.69, 9.17) is 16.2 Å². The fraction of sp³-hybridized carbons (Fsp3) is 0.375. The Morgan fingerprint density at radius 3 is 2.52 bits per heavy atom. The van der Waals surface area contributed by atoms with E-state index in [0.717, 1.165) is 28.6 Å². The van der Waals surface area contributed by atoms with Crippen LogP contribution in [-0.4, -0.2) is 37.0 Å². The van der Waals surface area contributed by atoms with Crippen molar-refractivity contribution >= 4 is 62.5 Å². The maximum Gasteiger partial charge on any atom is 0.305 e. The number of carbonyl (C=O) groups excluding carboxylic acids is 2. The van der Waals surface area contributed by atoms with Crippen molar-refractivity contribution < 1.29 is 14.3 Å². The number of aliphatic imine (C=N–C) groups is 1. The number of amides is 1. The lowest BCUT2D eigenvalue weighted by Gasteiger charge is -2.26. The molecule has 0 aromatic heterocycles. The maximum absolute atomic E-state index is 12.3. The van der Waals surface area contributed by atoms with Gasteiger partial charge in [0.05, 0.1) is 18.0 Å². The molecule has 1 aliphatic carbocycles. The monoisotopic (exact) mass is 532 g/mol. The van der Waals surface area contributed by atoms with Gasteiger partial charge in [0.2, 0.25) is 0 Å². The van der Waals surface area contributed by atoms with Crippen molar-refractivity contribution in [3.05, 3.63) is 52.0 Å². The molecule has 1 aliphatic rings. The van der Waals surface area contributed by atoms with E-state index in [0.29, 0.717) is 48.8 Å². The Balaban J connectivity index is 1.93. The van der Waals surface area contributed by atoms with Crippen molar-refractivity contribution in [3.8, 4) is 0 Å². The van der Waals surface area contributed by atoms with Gasteiger partial charge in [-0.05, 0) is 74.1 Å². The first-order chi connectivity index (χ1) is 15.8. The summed E-state index contributed by atoms with van der Waals surface area (Å²) in [5.41, 5.74) is 16.0. The third-order valence-electron chi connectivity index (χ3n) is 5.31. The van der Waals surface area contributed by atoms with Crippen LogP contribution in [0.3, 0.4) is 0 Å². The highest BCUT2D eigenvalue weighted by atomic mass is 79.9. The van der Waals surface area contributed by atoms with Crippen LogP contribution in [0.1, 0.15) is 49.7 Å². The second-order valence-electron chi connectivity index (χ2n) is 7.77. The molecule has 7 nitrogen and oxygen atoms in total. The molecule has 1 saturated carbocycles. The predicted octanol–water partition coefficient (Wildman–Crippen LogP) is 4.94. The number of nitrogen functional groups attached to an aromatic ring is 1. The third kappa shape index (κ3) is 6.74. The van der Waals surface area contributed by atoms with E-state index in [1.54, 1.807) is 31.0 Å². The van der Waals surface area contributed by atoms with Crippen LogP contribution in [0.2, 0.25) is 0 Å². The molecule has 0 radical (unpaired) electrons. The van der Waals surface area contributed by atoms with Crippen LogP contribution in [0, 0.1) is 0 Å². The van der Waals surface area contributed by atoms with Crippen LogP contribution in [0.4, 0.5) is 17.1 Å². The zero-order chi connectivity index (χ0) is 24.0. The number of anilines is 2. The zero-order valence-electron chi connectivity index (χ0n) is 18.8. The molecule has 1 fully saturated rings. The smallest absolute Gasteiger partial charge is 0.305 e. The summed E-state index contributed by atoms with van der Waals surface area (Å²) in [4.78, 5) is 28.5. The summed E-state index contributed by atoms with van der Waals surface area (Å²) in [6.07, 6.45) is 5.19. The van der Waals surface area contributed by atoms with Gasteiger partial charge in [0.1, 0.15) is 5.71 Å². The lowest BCUT2D eigenvalue weighted by Crippen LogP contribution is -2.26. The highest BCUT2D eigenvalue weighted by molar-refractivity contribution is 9.10. The SMILES string of the molecule is CCOC(=O)CCCN(SC)c1cc(N)c(C(=Nc2ccc(Br)cc2)C(N)=O)cc1C1CC1. The molecule has 2 aromatic rings. The number of benzene rings is 2. The predicted molar refractivity (Wildman–Crippen MR) is 139 cm³/mol. The summed E-state index contributed by atoms with van der Waals surface area (Å²) >= 11 is 4.98. The highest BCUT2D eigenvalue weighted by Gasteiger charge is 2.30. The van der Waals surface area contributed by atoms with Gasteiger partial charge in [-0.1, -0.05) is 27.9 Å². The molecule has 0 spiro atoms. The second kappa shape index (κ2) is 11.6. The van der Waals surface area contributed by atoms with E-state index in [9.17, 15) is 9.59 Å². The van der Waals surface area contributed by atoms with Crippen molar-refractivity contribution in [2.75, 3.05) is 29.4 Å². The van der Waals surface area contributed by atoms with E-state index in [2.05, 4.69) is 25.2 Å². The van der Waals surface area contributed by atoms with Crippen molar-refractivity contribution in [3.63, 3.8) is 0 Å². The minimum absolute atomic E-state index is 0.140. The normalized spacial score (nSPS) is 13.6. The van der Waals surface area contributed by atoms with E-state index >= 15 is 0 Å². The molecule has 3 rings (SSSR count). The molecular formula is C24H29BrN4O3S. The molecule has 176 valence electrons. The first-order valence-corrected chi connectivity index (χ1v) is 12.9. The van der Waals surface area contributed by atoms with Gasteiger partial charge in [0, 0.05) is 34.9 Å². The fourth-order valence-corrected chi connectivity index (χ4v) is 4.50. The fourth-order valence-electron chi connectivity index (χ4n) is 3.57. The molecule has 0 heterocycles. The molecule has 0 bridgehead atoms. The van der Waals surface area contributed by atoms with Crippen LogP contribution in [0.25, 0.3) is 0 Å². The van der Waals surface area contributed by atoms with Crippen LogP contribution in [-0.2, 0) is 14.3 Å². The Morgan fingerprint density at radius 1 is 1.24 bits per heavy atom. The lowest BCUT2D eigenvalue weighted by molar-refractivity contribution is -0.143. The van der Waals surface area contributed by atoms with Gasteiger partial charge in [-0.25, -0.2) is 4.99 Å². The van der Waals surface area contributed by atoms with E-state index in [1.807, 2.05) is 30.5 Å². The van der Waals surface area contributed by atoms with Gasteiger partial charge in [-0.2, -0.15) is 0 Å². The van der Waals surface area contributed by atoms with Gasteiger partial charge in [-0.3, -0.25) is 9.59 Å². The summed E-state index contributed by atoms with van der Waals surface area (Å²) < 4.78 is 8.09. The highest BCUT2D eigenvalue weighted by Crippen LogP contribution is 2.47. The number of ether oxygens (including phenoxy) is 1. The molecule has 0 saturated heterocycles. The number of hydrogen-bond donors (Lipinski definition) is 2. The van der Waals surface area contributed by atoms with Crippen LogP contribution in [0.15, 0.2) is 45.9 Å². The molecule has 9 heteroatoms. The average Bonchev–Trinajstić information content (AvgIpc) is 3.62. The van der Waals surface area contributed by atoms with Crippen LogP contribution >= 0.6 is 27.9 Å². The Kier molecular flexibility index (Phi) is 8.80. The topological polar surface area (TPSA) is 111 Å². The standard InChI is InChI=1S/C24H29BrN4O3S/c1-3-32-22(30)5-4-12-29(33-2)21-14-20(26)19(13-18(21)15-6-7-15)23(24(27)31)28-17-10-8-16(25)9-11-17/h8-11,13-15H,3-7,12,26H2,1-2H3,(H2,27,31). The molecule has 33 heavy (non-hydrogen) atoms. The maximum atomic E-state index is 12.3. The quantitative estimate of drug-likeness (QED) is 0.183. The largest absolute Gasteiger partial charge is 0.466 e. The second-order valence-corrected chi connectivity index (χ2v) is 9.49. The summed E-state index contributed by atoms with van der Waals surface area (Å²) in [6.45, 7) is 2.87. The number of esters is 1. The minimum Gasteiger partial charge on any atom is -0.466 e. The number of hydrogen-bond acceptors (Lipinski definition) is 7. The van der Waals surface area contributed by atoms with Crippen molar-refractivity contribution in [2.24, 2.45) is 10.7 Å². The number of nitrogens with zero attached hydrogens (tertiary/aromatic N) is 2. The van der Waals surface area contributed by atoms with E-state index in [-0.39, 0.29) is 11.7 Å². The van der Waals surface area contributed by atoms with Gasteiger partial charge in [0.25, 0.3) is 5.91 Å². The molecular weight excluding hydrogens is 504 g/mol. The van der Waals surface area contributed by atoms with E-state index < -0.39 is 5.91 Å². The van der Waals surface area contributed by atoms with Gasteiger partial charge in [0.15, 0.2) is 0 Å². The Bertz CT molecular complexity index is 1040. The third-order valence-corrected chi connectivity index (χ3v) is 6.66. The molecule has 4 N–H and O–H groups in total. The Morgan fingerprint density at radius 2 is 1.94 bits per heavy atom. The Labute approximate surface area is 207 Å². The van der Waals surface area contributed by atoms with Crippen molar-refractivity contribution in [1.29, 1.82) is 0 Å². The molecule has 1 amide bonds. The lowest BCUT2D eigenvalue weighted by atomic mass is 9.99. The van der Waals surface area contributed by atoms with E-state index in [1.165, 1.54) is 0 Å². The molecule has 0 atom stereocenters. The van der Waals surface area contributed by atoms with Crippen LogP contribution in [0.5, 0.6) is 0 Å². The Hall–Kier alpha value is -2.52. The summed E-state index contributed by atoms with van der Waals surface area (Å²) in [5.74, 6) is -0.415. The van der Waals surface area contributed by atoms with Gasteiger partial charge < -0.3 is 20.5 Å². The first kappa shape index (κ1) is 25.1. The summed E-state index contributed by atoms with van der Waals surface area (Å²) in [6, 6.07) is 11.2. The van der Waals surface area contributed by atoms with Crippen molar-refractivity contribution in [1.82, 2.24) is 0 Å². The summed E-state index contributed by atoms with van der Waals surface area (Å²) in [7, 11) is 0. The number of nitrogens with two attached hydrogens (primary N) is 2. The van der Waals surface area contributed by atoms with Gasteiger partial charge >= 0.3 is 5.97 Å². The zero-order valence-corrected chi connectivity index (χ0v) is 21.2. The molecule has 0 aliphatic heterocycles. The summed E-state index contributed by atoms with van der Waals surface area (Å²) in [5, 5.41) is 0. The number of rotatable bonds is 11. The molecule has 0 unspecified atom stereocenters. The number of carbonyl (C=O) groups is 2. The number of halogens is 1. The minimum atomic E-state index is -0.629. The van der Waals surface area contributed by atoms with Crippen molar-refractivity contribution in [2.45, 2.75) is 38.5 Å². The molecule has 2 aromatic carbocycles. The first-order valence-electron chi connectivity index (χ1n) is 10.9. The van der Waals surface area contributed by atoms with Crippen LogP contribution < -0.4 is 15.8 Å².